The lowest BCUT2D eigenvalue weighted by atomic mass is 9.50. The van der Waals surface area contributed by atoms with E-state index >= 15 is 4.39 Å². The van der Waals surface area contributed by atoms with Crippen molar-refractivity contribution in [3.8, 4) is 0 Å². The van der Waals surface area contributed by atoms with Crippen molar-refractivity contribution in [2.45, 2.75) is 77.5 Å². The van der Waals surface area contributed by atoms with Crippen molar-refractivity contribution in [2.75, 3.05) is 6.61 Å². The summed E-state index contributed by atoms with van der Waals surface area (Å²) in [4.78, 5) is 0. The van der Waals surface area contributed by atoms with Crippen LogP contribution >= 0.6 is 0 Å². The van der Waals surface area contributed by atoms with Crippen LogP contribution in [0.25, 0.3) is 0 Å². The summed E-state index contributed by atoms with van der Waals surface area (Å²) in [6, 6.07) is 0. The van der Waals surface area contributed by atoms with Gasteiger partial charge in [-0.3, -0.25) is 0 Å². The molecule has 0 aliphatic heterocycles. The van der Waals surface area contributed by atoms with Crippen molar-refractivity contribution < 1.29 is 14.6 Å². The average Bonchev–Trinajstić information content (AvgIpc) is 2.76. The van der Waals surface area contributed by atoms with Crippen LogP contribution in [-0.2, 0) is 0 Å². The third-order valence-corrected chi connectivity index (χ3v) is 8.67. The monoisotopic (exact) mass is 348 g/mol. The van der Waals surface area contributed by atoms with E-state index < -0.39 is 11.8 Å². The maximum absolute atomic E-state index is 15.2. The first-order valence-electron chi connectivity index (χ1n) is 10.2. The Morgan fingerprint density at radius 2 is 1.96 bits per heavy atom. The lowest BCUT2D eigenvalue weighted by Crippen LogP contribution is -2.53. The van der Waals surface area contributed by atoms with Crippen LogP contribution in [-0.4, -0.2) is 28.6 Å². The van der Waals surface area contributed by atoms with Gasteiger partial charge in [-0.15, -0.1) is 0 Å². The molecule has 0 aromatic carbocycles. The average molecular weight is 349 g/mol. The Hall–Kier alpha value is -0.670. The summed E-state index contributed by atoms with van der Waals surface area (Å²) in [6.45, 7) is 6.57. The molecule has 7 atom stereocenters. The van der Waals surface area contributed by atoms with Gasteiger partial charge in [0.15, 0.2) is 0 Å². The van der Waals surface area contributed by atoms with Crippen LogP contribution in [0.3, 0.4) is 0 Å². The fraction of sp³-hybridized carbons (Fsp3) is 0.818. The number of rotatable bonds is 2. The van der Waals surface area contributed by atoms with Crippen LogP contribution in [0.15, 0.2) is 23.3 Å². The van der Waals surface area contributed by atoms with Gasteiger partial charge in [0.2, 0.25) is 0 Å². The zero-order valence-electron chi connectivity index (χ0n) is 15.9. The number of hydrogen-bond acceptors (Lipinski definition) is 2. The number of alkyl halides is 1. The predicted octanol–water partition coefficient (Wildman–Crippen LogP) is 4.57. The van der Waals surface area contributed by atoms with Crippen LogP contribution in [0.2, 0.25) is 0 Å². The summed E-state index contributed by atoms with van der Waals surface area (Å²) in [5.74, 6) is 0.707. The molecule has 4 rings (SSSR count). The van der Waals surface area contributed by atoms with Gasteiger partial charge < -0.3 is 10.2 Å². The van der Waals surface area contributed by atoms with Crippen LogP contribution in [0.1, 0.15) is 65.7 Å². The topological polar surface area (TPSA) is 40.5 Å². The molecule has 0 aromatic heterocycles. The zero-order valence-corrected chi connectivity index (χ0v) is 15.9. The number of halogens is 1. The molecule has 0 unspecified atom stereocenters. The molecule has 2 N–H and O–H groups in total. The molecule has 4 aliphatic rings. The molecule has 4 aliphatic carbocycles. The molecule has 2 saturated carbocycles. The third kappa shape index (κ3) is 2.15. The van der Waals surface area contributed by atoms with E-state index in [1.54, 1.807) is 0 Å². The highest BCUT2D eigenvalue weighted by Gasteiger charge is 2.64. The van der Waals surface area contributed by atoms with Crippen LogP contribution in [0, 0.1) is 28.6 Å². The number of aliphatic hydroxyl groups is 2. The van der Waals surface area contributed by atoms with Gasteiger partial charge in [0.05, 0.1) is 5.60 Å². The lowest BCUT2D eigenvalue weighted by molar-refractivity contribution is -0.114. The zero-order chi connectivity index (χ0) is 18.0. The highest BCUT2D eigenvalue weighted by Crippen LogP contribution is 2.67. The van der Waals surface area contributed by atoms with Gasteiger partial charge in [0.25, 0.3) is 0 Å². The SMILES string of the molecule is C[C@H]1C[C@H]2[C@@H]3C[C@H](F)C4=CCCC[C@]4(C)C3=CC[C@]2(C)[C@@]1(O)CCO. The van der Waals surface area contributed by atoms with Crippen LogP contribution in [0.4, 0.5) is 4.39 Å². The van der Waals surface area contributed by atoms with Crippen LogP contribution < -0.4 is 0 Å². The second-order valence-corrected chi connectivity index (χ2v) is 9.62. The minimum atomic E-state index is -0.843. The van der Waals surface area contributed by atoms with E-state index in [4.69, 9.17) is 0 Å². The van der Waals surface area contributed by atoms with Crippen molar-refractivity contribution in [2.24, 2.45) is 28.6 Å². The van der Waals surface area contributed by atoms with E-state index in [0.29, 0.717) is 18.8 Å². The van der Waals surface area contributed by atoms with E-state index in [9.17, 15) is 10.2 Å². The Balaban J connectivity index is 1.78. The summed E-state index contributed by atoms with van der Waals surface area (Å²) in [7, 11) is 0. The van der Waals surface area contributed by atoms with Gasteiger partial charge >= 0.3 is 0 Å². The van der Waals surface area contributed by atoms with E-state index in [0.717, 1.165) is 37.7 Å². The van der Waals surface area contributed by atoms with E-state index in [1.807, 2.05) is 0 Å². The molecule has 2 fully saturated rings. The summed E-state index contributed by atoms with van der Waals surface area (Å²) in [5.41, 5.74) is 1.28. The molecule has 2 nitrogen and oxygen atoms in total. The van der Waals surface area contributed by atoms with E-state index in [2.05, 4.69) is 32.9 Å². The molecule has 0 spiro atoms. The Morgan fingerprint density at radius 1 is 1.20 bits per heavy atom. The Labute approximate surface area is 151 Å². The molecule has 0 saturated heterocycles. The smallest absolute Gasteiger partial charge is 0.123 e. The quantitative estimate of drug-likeness (QED) is 0.718. The molecule has 0 heterocycles. The number of aliphatic hydroxyl groups excluding tert-OH is 1. The molecule has 25 heavy (non-hydrogen) atoms. The summed E-state index contributed by atoms with van der Waals surface area (Å²) in [5, 5.41) is 21.0. The Kier molecular flexibility index (Phi) is 4.01. The molecule has 3 heteroatoms. The Bertz CT molecular complexity index is 626. The molecule has 0 bridgehead atoms. The van der Waals surface area contributed by atoms with Gasteiger partial charge in [-0.25, -0.2) is 4.39 Å². The van der Waals surface area contributed by atoms with Gasteiger partial charge in [0.1, 0.15) is 6.17 Å². The van der Waals surface area contributed by atoms with E-state index in [1.165, 1.54) is 5.57 Å². The number of hydrogen-bond donors (Lipinski definition) is 2. The summed E-state index contributed by atoms with van der Waals surface area (Å²) >= 11 is 0. The number of fused-ring (bicyclic) bond motifs is 5. The normalized spacial score (nSPS) is 51.9. The second-order valence-electron chi connectivity index (χ2n) is 9.62. The van der Waals surface area contributed by atoms with Gasteiger partial charge in [0, 0.05) is 23.9 Å². The molecule has 0 radical (unpaired) electrons. The molecule has 140 valence electrons. The Morgan fingerprint density at radius 3 is 2.68 bits per heavy atom. The predicted molar refractivity (Wildman–Crippen MR) is 97.8 cm³/mol. The van der Waals surface area contributed by atoms with Gasteiger partial charge in [-0.05, 0) is 61.9 Å². The van der Waals surface area contributed by atoms with Gasteiger partial charge in [-0.2, -0.15) is 0 Å². The van der Waals surface area contributed by atoms with Crippen molar-refractivity contribution >= 4 is 0 Å². The minimum Gasteiger partial charge on any atom is -0.396 e. The van der Waals surface area contributed by atoms with Crippen molar-refractivity contribution in [1.29, 1.82) is 0 Å². The lowest BCUT2D eigenvalue weighted by Gasteiger charge is -2.55. The maximum atomic E-state index is 15.2. The summed E-state index contributed by atoms with van der Waals surface area (Å²) < 4.78 is 15.2. The molecular weight excluding hydrogens is 315 g/mol. The highest BCUT2D eigenvalue weighted by molar-refractivity contribution is 5.41. The fourth-order valence-electron chi connectivity index (χ4n) is 7.19. The fourth-order valence-corrected chi connectivity index (χ4v) is 7.19. The second kappa shape index (κ2) is 5.66. The first-order chi connectivity index (χ1) is 11.8. The first kappa shape index (κ1) is 17.7. The standard InChI is InChI=1S/C22H33FO2/c1-14-12-18-15-13-19(23)17-6-4-5-8-20(17,2)16(15)7-9-21(18,3)22(14,25)10-11-24/h6-7,14-15,18-19,24-25H,4-5,8-13H2,1-3H3/t14-,15+,18-,19-,20+,21-,22+/m0/s1. The van der Waals surface area contributed by atoms with Crippen molar-refractivity contribution in [3.63, 3.8) is 0 Å². The van der Waals surface area contributed by atoms with Crippen molar-refractivity contribution in [3.05, 3.63) is 23.3 Å². The maximum Gasteiger partial charge on any atom is 0.123 e. The summed E-state index contributed by atoms with van der Waals surface area (Å²) in [6.07, 6.45) is 9.69. The molecule has 0 amide bonds. The first-order valence-corrected chi connectivity index (χ1v) is 10.2. The molecule has 0 aromatic rings. The third-order valence-electron chi connectivity index (χ3n) is 8.67. The van der Waals surface area contributed by atoms with E-state index in [-0.39, 0.29) is 29.3 Å². The largest absolute Gasteiger partial charge is 0.396 e. The van der Waals surface area contributed by atoms with Crippen LogP contribution in [0.5, 0.6) is 0 Å². The van der Waals surface area contributed by atoms with Crippen molar-refractivity contribution in [1.82, 2.24) is 0 Å². The highest BCUT2D eigenvalue weighted by atomic mass is 19.1. The molecular formula is C22H33FO2. The minimum absolute atomic E-state index is 0.0146. The number of allylic oxidation sites excluding steroid dienone is 4. The van der Waals surface area contributed by atoms with Gasteiger partial charge in [-0.1, -0.05) is 38.5 Å².